The molecule has 1 aromatic rings. The number of rotatable bonds is 3. The van der Waals surface area contributed by atoms with Gasteiger partial charge in [0.25, 0.3) is 0 Å². The van der Waals surface area contributed by atoms with Gasteiger partial charge in [-0.2, -0.15) is 0 Å². The third kappa shape index (κ3) is 1.99. The maximum atomic E-state index is 13.5. The molecule has 0 aromatic heterocycles. The molecule has 0 aliphatic heterocycles. The average molecular weight is 275 g/mol. The highest BCUT2D eigenvalue weighted by molar-refractivity contribution is 5.96. The van der Waals surface area contributed by atoms with Crippen LogP contribution >= 0.6 is 0 Å². The van der Waals surface area contributed by atoms with Gasteiger partial charge in [0.15, 0.2) is 0 Å². The number of carboxylic acids is 1. The normalized spacial score (nSPS) is 30.4. The molecule has 1 fully saturated rings. The molecule has 0 radical (unpaired) electrons. The van der Waals surface area contributed by atoms with Crippen LogP contribution in [0.3, 0.4) is 0 Å². The summed E-state index contributed by atoms with van der Waals surface area (Å²) in [6, 6.07) is 5.87. The molecule has 2 N–H and O–H groups in total. The predicted octanol–water partition coefficient (Wildman–Crippen LogP) is 2.29. The van der Waals surface area contributed by atoms with Crippen LogP contribution in [0.2, 0.25) is 0 Å². The zero-order valence-electron chi connectivity index (χ0n) is 10.6. The van der Waals surface area contributed by atoms with Crippen LogP contribution in [0.25, 0.3) is 0 Å². The van der Waals surface area contributed by atoms with Gasteiger partial charge in [0.05, 0.1) is 17.5 Å². The molecule has 0 saturated heterocycles. The number of fused-ring (bicyclic) bond motifs is 2. The van der Waals surface area contributed by atoms with Crippen molar-refractivity contribution < 1.29 is 19.1 Å². The number of carboxylic acid groups (broad SMARTS) is 1. The van der Waals surface area contributed by atoms with Gasteiger partial charge in [-0.25, -0.2) is 4.39 Å². The third-order valence-corrected chi connectivity index (χ3v) is 4.18. The highest BCUT2D eigenvalue weighted by Gasteiger charge is 2.51. The fourth-order valence-electron chi connectivity index (χ4n) is 3.29. The van der Waals surface area contributed by atoms with Gasteiger partial charge in [0.1, 0.15) is 5.82 Å². The van der Waals surface area contributed by atoms with E-state index in [1.165, 1.54) is 18.2 Å². The van der Waals surface area contributed by atoms with Gasteiger partial charge < -0.3 is 10.4 Å². The van der Waals surface area contributed by atoms with Crippen LogP contribution < -0.4 is 5.32 Å². The van der Waals surface area contributed by atoms with E-state index in [1.54, 1.807) is 6.07 Å². The van der Waals surface area contributed by atoms with Crippen molar-refractivity contribution in [2.24, 2.45) is 23.7 Å². The summed E-state index contributed by atoms with van der Waals surface area (Å²) in [6.45, 7) is 0. The molecule has 5 heteroatoms. The average Bonchev–Trinajstić information content (AvgIpc) is 3.01. The molecule has 2 aliphatic carbocycles. The van der Waals surface area contributed by atoms with E-state index in [4.69, 9.17) is 0 Å². The van der Waals surface area contributed by atoms with Gasteiger partial charge >= 0.3 is 5.97 Å². The lowest BCUT2D eigenvalue weighted by Gasteiger charge is -2.23. The van der Waals surface area contributed by atoms with Gasteiger partial charge in [-0.15, -0.1) is 0 Å². The number of aliphatic carboxylic acids is 1. The van der Waals surface area contributed by atoms with Gasteiger partial charge in [-0.05, 0) is 30.4 Å². The Kier molecular flexibility index (Phi) is 3.04. The summed E-state index contributed by atoms with van der Waals surface area (Å²) in [5.74, 6) is -3.39. The van der Waals surface area contributed by atoms with Crippen molar-refractivity contribution in [3.05, 3.63) is 42.2 Å². The lowest BCUT2D eigenvalue weighted by molar-refractivity contribution is -0.146. The van der Waals surface area contributed by atoms with Crippen LogP contribution in [0.5, 0.6) is 0 Å². The molecule has 0 spiro atoms. The number of hydrogen-bond acceptors (Lipinski definition) is 2. The number of nitrogens with one attached hydrogen (secondary N) is 1. The number of carbonyl (C=O) groups excluding carboxylic acids is 1. The van der Waals surface area contributed by atoms with Crippen LogP contribution in [0.15, 0.2) is 36.4 Å². The molecular weight excluding hydrogens is 261 g/mol. The van der Waals surface area contributed by atoms with E-state index in [0.717, 1.165) is 0 Å². The van der Waals surface area contributed by atoms with E-state index < -0.39 is 29.5 Å². The molecule has 20 heavy (non-hydrogen) atoms. The molecule has 1 amide bonds. The molecular formula is C15H14FNO3. The molecule has 1 aromatic carbocycles. The minimum atomic E-state index is -0.962. The van der Waals surface area contributed by atoms with E-state index >= 15 is 0 Å². The Labute approximate surface area is 115 Å². The minimum absolute atomic E-state index is 0.0622. The maximum Gasteiger partial charge on any atom is 0.307 e. The molecule has 1 saturated carbocycles. The van der Waals surface area contributed by atoms with Gasteiger partial charge in [0, 0.05) is 0 Å². The van der Waals surface area contributed by atoms with Crippen LogP contribution in [-0.2, 0) is 9.59 Å². The lowest BCUT2D eigenvalue weighted by atomic mass is 9.82. The van der Waals surface area contributed by atoms with E-state index in [9.17, 15) is 19.1 Å². The number of allylic oxidation sites excluding steroid dienone is 2. The first-order chi connectivity index (χ1) is 9.58. The number of para-hydroxylation sites is 1. The number of amides is 1. The van der Waals surface area contributed by atoms with E-state index in [2.05, 4.69) is 5.32 Å². The second-order valence-corrected chi connectivity index (χ2v) is 5.31. The summed E-state index contributed by atoms with van der Waals surface area (Å²) >= 11 is 0. The number of benzene rings is 1. The van der Waals surface area contributed by atoms with Crippen LogP contribution in [-0.4, -0.2) is 17.0 Å². The fraction of sp³-hybridized carbons (Fsp3) is 0.333. The van der Waals surface area contributed by atoms with Gasteiger partial charge in [0.2, 0.25) is 5.91 Å². The number of hydrogen-bond donors (Lipinski definition) is 2. The van der Waals surface area contributed by atoms with Gasteiger partial charge in [-0.3, -0.25) is 9.59 Å². The topological polar surface area (TPSA) is 66.4 Å². The monoisotopic (exact) mass is 275 g/mol. The van der Waals surface area contributed by atoms with Crippen molar-refractivity contribution in [1.29, 1.82) is 0 Å². The van der Waals surface area contributed by atoms with Crippen molar-refractivity contribution in [3.8, 4) is 0 Å². The molecule has 3 rings (SSSR count). The molecule has 4 nitrogen and oxygen atoms in total. The van der Waals surface area contributed by atoms with Crippen molar-refractivity contribution in [3.63, 3.8) is 0 Å². The summed E-state index contributed by atoms with van der Waals surface area (Å²) in [4.78, 5) is 23.6. The van der Waals surface area contributed by atoms with Crippen molar-refractivity contribution in [1.82, 2.24) is 0 Å². The third-order valence-electron chi connectivity index (χ3n) is 4.18. The molecule has 4 atom stereocenters. The Morgan fingerprint density at radius 1 is 1.15 bits per heavy atom. The highest BCUT2D eigenvalue weighted by atomic mass is 19.1. The van der Waals surface area contributed by atoms with Crippen molar-refractivity contribution >= 4 is 17.6 Å². The predicted molar refractivity (Wildman–Crippen MR) is 70.4 cm³/mol. The van der Waals surface area contributed by atoms with E-state index in [0.29, 0.717) is 6.42 Å². The SMILES string of the molecule is O=C(Nc1ccccc1F)[C@@H]1[C@@H](C(=O)O)[C@H]2C=C[C@@H]1C2. The molecule has 0 unspecified atom stereocenters. The van der Waals surface area contributed by atoms with E-state index in [-0.39, 0.29) is 17.5 Å². The van der Waals surface area contributed by atoms with E-state index in [1.807, 2.05) is 12.2 Å². The minimum Gasteiger partial charge on any atom is -0.481 e. The fourth-order valence-corrected chi connectivity index (χ4v) is 3.29. The summed E-state index contributed by atoms with van der Waals surface area (Å²) in [6.07, 6.45) is 4.46. The molecule has 2 bridgehead atoms. The second kappa shape index (κ2) is 4.74. The number of anilines is 1. The maximum absolute atomic E-state index is 13.5. The summed E-state index contributed by atoms with van der Waals surface area (Å²) in [5, 5.41) is 11.8. The first-order valence-electron chi connectivity index (χ1n) is 6.54. The molecule has 0 heterocycles. The summed E-state index contributed by atoms with van der Waals surface area (Å²) < 4.78 is 13.5. The zero-order chi connectivity index (χ0) is 14.3. The second-order valence-electron chi connectivity index (χ2n) is 5.31. The Hall–Kier alpha value is -2.17. The zero-order valence-corrected chi connectivity index (χ0v) is 10.6. The molecule has 104 valence electrons. The Morgan fingerprint density at radius 3 is 2.45 bits per heavy atom. The highest BCUT2D eigenvalue weighted by Crippen LogP contribution is 2.48. The first-order valence-corrected chi connectivity index (χ1v) is 6.54. The standard InChI is InChI=1S/C15H14FNO3/c16-10-3-1-2-4-11(10)17-14(18)12-8-5-6-9(7-8)13(12)15(19)20/h1-6,8-9,12-13H,7H2,(H,17,18)(H,19,20)/t8-,9+,12+,13+/m1/s1. The summed E-state index contributed by atoms with van der Waals surface area (Å²) in [5.41, 5.74) is 0.0911. The van der Waals surface area contributed by atoms with Crippen LogP contribution in [0, 0.1) is 29.5 Å². The Morgan fingerprint density at radius 2 is 1.80 bits per heavy atom. The number of halogens is 1. The number of carbonyl (C=O) groups is 2. The van der Waals surface area contributed by atoms with Crippen LogP contribution in [0.4, 0.5) is 10.1 Å². The largest absolute Gasteiger partial charge is 0.481 e. The lowest BCUT2D eigenvalue weighted by Crippen LogP contribution is -2.36. The Balaban J connectivity index is 1.82. The van der Waals surface area contributed by atoms with Crippen molar-refractivity contribution in [2.45, 2.75) is 6.42 Å². The van der Waals surface area contributed by atoms with Crippen molar-refractivity contribution in [2.75, 3.05) is 5.32 Å². The molecule has 2 aliphatic rings. The smallest absolute Gasteiger partial charge is 0.307 e. The quantitative estimate of drug-likeness (QED) is 0.832. The summed E-state index contributed by atoms with van der Waals surface area (Å²) in [7, 11) is 0. The van der Waals surface area contributed by atoms with Crippen LogP contribution in [0.1, 0.15) is 6.42 Å². The first kappa shape index (κ1) is 12.8. The van der Waals surface area contributed by atoms with Gasteiger partial charge in [-0.1, -0.05) is 24.3 Å². The Bertz CT molecular complexity index is 599.